The molecule has 132 valence electrons. The summed E-state index contributed by atoms with van der Waals surface area (Å²) in [6, 6.07) is 19.0. The van der Waals surface area contributed by atoms with E-state index in [0.717, 1.165) is 27.6 Å². The van der Waals surface area contributed by atoms with Crippen molar-refractivity contribution in [2.75, 3.05) is 0 Å². The molecule has 2 heterocycles. The summed E-state index contributed by atoms with van der Waals surface area (Å²) in [7, 11) is 0. The molecule has 2 aromatic heterocycles. The maximum absolute atomic E-state index is 12.8. The normalized spacial score (nSPS) is 11.1. The highest BCUT2D eigenvalue weighted by atomic mass is 35.5. The van der Waals surface area contributed by atoms with Gasteiger partial charge in [-0.3, -0.25) is 9.78 Å². The summed E-state index contributed by atoms with van der Waals surface area (Å²) in [5, 5.41) is 5.47. The van der Waals surface area contributed by atoms with Gasteiger partial charge in [-0.1, -0.05) is 60.1 Å². The predicted molar refractivity (Wildman–Crippen MR) is 108 cm³/mol. The quantitative estimate of drug-likeness (QED) is 0.403. The first-order valence-corrected chi connectivity index (χ1v) is 8.71. The summed E-state index contributed by atoms with van der Waals surface area (Å²) in [6.45, 7) is 0. The number of aromatic nitrogens is 2. The molecule has 4 aromatic rings. The highest BCUT2D eigenvalue weighted by molar-refractivity contribution is 6.36. The van der Waals surface area contributed by atoms with Gasteiger partial charge in [0, 0.05) is 28.9 Å². The van der Waals surface area contributed by atoms with Crippen LogP contribution in [0.25, 0.3) is 22.0 Å². The van der Waals surface area contributed by atoms with Crippen molar-refractivity contribution in [3.8, 4) is 11.1 Å². The number of H-pyrrole nitrogens is 1. The number of amides is 1. The molecule has 5 nitrogen and oxygen atoms in total. The molecule has 0 atom stereocenters. The maximum atomic E-state index is 12.8. The van der Waals surface area contributed by atoms with Crippen molar-refractivity contribution in [2.45, 2.75) is 0 Å². The Kier molecular flexibility index (Phi) is 4.68. The van der Waals surface area contributed by atoms with Crippen molar-refractivity contribution in [3.63, 3.8) is 0 Å². The molecule has 0 bridgehead atoms. The van der Waals surface area contributed by atoms with Crippen molar-refractivity contribution in [3.05, 3.63) is 89.3 Å². The number of fused-ring (bicyclic) bond motifs is 1. The second kappa shape index (κ2) is 7.43. The van der Waals surface area contributed by atoms with Crippen LogP contribution in [0.15, 0.2) is 78.2 Å². The molecule has 27 heavy (non-hydrogen) atoms. The number of benzene rings is 2. The van der Waals surface area contributed by atoms with Gasteiger partial charge in [0.05, 0.1) is 16.8 Å². The summed E-state index contributed by atoms with van der Waals surface area (Å²) >= 11 is 6.32. The molecule has 0 fully saturated rings. The molecule has 4 rings (SSSR count). The number of para-hydroxylation sites is 1. The summed E-state index contributed by atoms with van der Waals surface area (Å²) in [5.74, 6) is -0.346. The summed E-state index contributed by atoms with van der Waals surface area (Å²) < 4.78 is 0. The Hall–Kier alpha value is -3.44. The fraction of sp³-hybridized carbons (Fsp3) is 0. The van der Waals surface area contributed by atoms with E-state index in [4.69, 9.17) is 11.6 Å². The second-order valence-corrected chi connectivity index (χ2v) is 6.30. The Morgan fingerprint density at radius 3 is 2.70 bits per heavy atom. The molecule has 0 radical (unpaired) electrons. The van der Waals surface area contributed by atoms with E-state index in [0.29, 0.717) is 10.7 Å². The lowest BCUT2D eigenvalue weighted by Crippen LogP contribution is -2.18. The molecule has 0 aliphatic carbocycles. The van der Waals surface area contributed by atoms with Gasteiger partial charge in [0.15, 0.2) is 0 Å². The van der Waals surface area contributed by atoms with E-state index in [1.165, 1.54) is 0 Å². The van der Waals surface area contributed by atoms with Crippen molar-refractivity contribution in [2.24, 2.45) is 5.10 Å². The Bertz CT molecular complexity index is 1120. The molecular weight excluding hydrogens is 360 g/mol. The van der Waals surface area contributed by atoms with E-state index in [9.17, 15) is 4.79 Å². The monoisotopic (exact) mass is 374 g/mol. The van der Waals surface area contributed by atoms with Crippen LogP contribution in [-0.2, 0) is 0 Å². The number of aromatic amines is 1. The zero-order chi connectivity index (χ0) is 18.6. The number of carbonyl (C=O) groups excluding carboxylic acids is 1. The fourth-order valence-corrected chi connectivity index (χ4v) is 3.15. The third kappa shape index (κ3) is 3.45. The number of nitrogens with one attached hydrogen (secondary N) is 2. The van der Waals surface area contributed by atoms with Gasteiger partial charge in [-0.25, -0.2) is 5.43 Å². The fourth-order valence-electron chi connectivity index (χ4n) is 2.93. The zero-order valence-corrected chi connectivity index (χ0v) is 14.9. The van der Waals surface area contributed by atoms with Crippen LogP contribution < -0.4 is 5.43 Å². The molecule has 0 unspecified atom stereocenters. The van der Waals surface area contributed by atoms with Crippen LogP contribution in [0, 0.1) is 0 Å². The lowest BCUT2D eigenvalue weighted by Gasteiger charge is -2.04. The van der Waals surface area contributed by atoms with Crippen LogP contribution in [-0.4, -0.2) is 22.1 Å². The molecule has 6 heteroatoms. The molecule has 2 aromatic carbocycles. The van der Waals surface area contributed by atoms with Gasteiger partial charge in [-0.05, 0) is 17.7 Å². The molecule has 1 amide bonds. The number of pyridine rings is 1. The van der Waals surface area contributed by atoms with E-state index in [2.05, 4.69) is 20.5 Å². The van der Waals surface area contributed by atoms with Gasteiger partial charge < -0.3 is 4.98 Å². The lowest BCUT2D eigenvalue weighted by molar-refractivity contribution is 0.0951. The summed E-state index contributed by atoms with van der Waals surface area (Å²) in [5.41, 5.74) is 6.21. The average molecular weight is 375 g/mol. The molecule has 0 aliphatic heterocycles. The number of halogens is 1. The third-order valence-corrected chi connectivity index (χ3v) is 4.45. The number of carbonyl (C=O) groups is 1. The SMILES string of the molecule is O=C(N/N=C\c1cccnc1)c1[nH]c2c(Cl)cccc2c1-c1ccccc1. The Morgan fingerprint density at radius 2 is 1.93 bits per heavy atom. The van der Waals surface area contributed by atoms with Crippen molar-refractivity contribution < 1.29 is 4.79 Å². The lowest BCUT2D eigenvalue weighted by atomic mass is 10.0. The first kappa shape index (κ1) is 17.0. The van der Waals surface area contributed by atoms with Crippen LogP contribution in [0.1, 0.15) is 16.1 Å². The number of hydrazone groups is 1. The van der Waals surface area contributed by atoms with Gasteiger partial charge in [-0.2, -0.15) is 5.10 Å². The highest BCUT2D eigenvalue weighted by Gasteiger charge is 2.20. The van der Waals surface area contributed by atoms with E-state index >= 15 is 0 Å². The van der Waals surface area contributed by atoms with E-state index in [-0.39, 0.29) is 5.91 Å². The zero-order valence-electron chi connectivity index (χ0n) is 14.2. The topological polar surface area (TPSA) is 70.1 Å². The predicted octanol–water partition coefficient (Wildman–Crippen LogP) is 4.65. The average Bonchev–Trinajstić information content (AvgIpc) is 3.10. The molecule has 0 saturated carbocycles. The van der Waals surface area contributed by atoms with E-state index in [1.54, 1.807) is 30.7 Å². The Morgan fingerprint density at radius 1 is 1.07 bits per heavy atom. The molecule has 0 aliphatic rings. The van der Waals surface area contributed by atoms with E-state index in [1.807, 2.05) is 48.5 Å². The van der Waals surface area contributed by atoms with Gasteiger partial charge in [0.1, 0.15) is 5.69 Å². The van der Waals surface area contributed by atoms with E-state index < -0.39 is 0 Å². The largest absolute Gasteiger partial charge is 0.349 e. The number of hydrogen-bond acceptors (Lipinski definition) is 3. The van der Waals surface area contributed by atoms with Crippen LogP contribution >= 0.6 is 11.6 Å². The Balaban J connectivity index is 1.73. The molecule has 0 spiro atoms. The minimum absolute atomic E-state index is 0.346. The molecule has 2 N–H and O–H groups in total. The van der Waals surface area contributed by atoms with Crippen molar-refractivity contribution >= 4 is 34.6 Å². The Labute approximate surface area is 160 Å². The van der Waals surface area contributed by atoms with Gasteiger partial charge in [0.25, 0.3) is 5.91 Å². The van der Waals surface area contributed by atoms with Gasteiger partial charge in [-0.15, -0.1) is 0 Å². The van der Waals surface area contributed by atoms with Crippen molar-refractivity contribution in [1.82, 2.24) is 15.4 Å². The van der Waals surface area contributed by atoms with Crippen molar-refractivity contribution in [1.29, 1.82) is 0 Å². The van der Waals surface area contributed by atoms with Crippen LogP contribution in [0.2, 0.25) is 5.02 Å². The van der Waals surface area contributed by atoms with Gasteiger partial charge in [0.2, 0.25) is 0 Å². The van der Waals surface area contributed by atoms with Crippen LogP contribution in [0.5, 0.6) is 0 Å². The van der Waals surface area contributed by atoms with Gasteiger partial charge >= 0.3 is 0 Å². The molecular formula is C21H15ClN4O. The summed E-state index contributed by atoms with van der Waals surface area (Å²) in [6.07, 6.45) is 4.88. The summed E-state index contributed by atoms with van der Waals surface area (Å²) in [4.78, 5) is 20.0. The maximum Gasteiger partial charge on any atom is 0.288 e. The minimum Gasteiger partial charge on any atom is -0.349 e. The highest BCUT2D eigenvalue weighted by Crippen LogP contribution is 2.35. The number of nitrogens with zero attached hydrogens (tertiary/aromatic N) is 2. The van der Waals surface area contributed by atoms with Crippen LogP contribution in [0.3, 0.4) is 0 Å². The second-order valence-electron chi connectivity index (χ2n) is 5.89. The first-order chi connectivity index (χ1) is 13.2. The third-order valence-electron chi connectivity index (χ3n) is 4.14. The smallest absolute Gasteiger partial charge is 0.288 e. The van der Waals surface area contributed by atoms with Crippen LogP contribution in [0.4, 0.5) is 0 Å². The number of rotatable bonds is 4. The standard InChI is InChI=1S/C21H15ClN4O/c22-17-10-4-9-16-18(15-7-2-1-3-8-15)20(25-19(16)17)21(27)26-24-13-14-6-5-11-23-12-14/h1-13,25H,(H,26,27)/b24-13-. The molecule has 0 saturated heterocycles. The first-order valence-electron chi connectivity index (χ1n) is 8.33. The number of hydrogen-bond donors (Lipinski definition) is 2. The minimum atomic E-state index is -0.346.